The van der Waals surface area contributed by atoms with Gasteiger partial charge in [0.15, 0.2) is 18.2 Å². The molecule has 0 spiro atoms. The molecular formula is C35H35ClF4N8O5. The van der Waals surface area contributed by atoms with Gasteiger partial charge >= 0.3 is 24.0 Å². The Morgan fingerprint density at radius 3 is 2.13 bits per heavy atom. The van der Waals surface area contributed by atoms with Crippen LogP contribution in [0.1, 0.15) is 42.6 Å². The summed E-state index contributed by atoms with van der Waals surface area (Å²) in [4.78, 5) is 50.0. The van der Waals surface area contributed by atoms with Crippen LogP contribution in [0, 0.1) is 11.2 Å². The summed E-state index contributed by atoms with van der Waals surface area (Å²) in [6, 6.07) is 16.4. The zero-order valence-electron chi connectivity index (χ0n) is 28.7. The quantitative estimate of drug-likeness (QED) is 0.0764. The summed E-state index contributed by atoms with van der Waals surface area (Å²) in [6.07, 6.45) is -3.17. The van der Waals surface area contributed by atoms with Crippen molar-refractivity contribution in [3.8, 4) is 11.8 Å². The van der Waals surface area contributed by atoms with Crippen molar-refractivity contribution in [3.63, 3.8) is 0 Å². The molecule has 1 heterocycles. The molecule has 53 heavy (non-hydrogen) atoms. The molecule has 1 aliphatic carbocycles. The number of amides is 3. The lowest BCUT2D eigenvalue weighted by Gasteiger charge is -2.25. The standard InChI is InChI=1S/C35H35ClF4N8O5/c1-33(2,18-42-28(50)29(51)43-24-12-13-25(37)26(16-24)52-3)17-41-27(49)20-4-10-23(11-5-20)44-30-45-31(47-32(46-30)53-19-35(38,39)40)48-34(14-15-34)21-6-8-22(36)9-7-21/h4-13,16H,14-15,17-19H2,1-3H3,(H,41,49)(H,42,50)(H,43,51)(H2,44,45,46,47,48). The third kappa shape index (κ3) is 10.9. The Kier molecular flexibility index (Phi) is 11.6. The van der Waals surface area contributed by atoms with Crippen LogP contribution >= 0.6 is 11.6 Å². The van der Waals surface area contributed by atoms with Crippen molar-refractivity contribution < 1.29 is 41.4 Å². The summed E-state index contributed by atoms with van der Waals surface area (Å²) in [6.45, 7) is 2.10. The number of nitrogens with one attached hydrogen (secondary N) is 5. The first-order chi connectivity index (χ1) is 25.0. The van der Waals surface area contributed by atoms with Crippen LogP contribution in [0.15, 0.2) is 66.7 Å². The molecule has 5 rings (SSSR count). The van der Waals surface area contributed by atoms with E-state index in [1.54, 1.807) is 38.1 Å². The molecule has 3 aromatic carbocycles. The number of hydrogen-bond acceptors (Lipinski definition) is 10. The highest BCUT2D eigenvalue weighted by Crippen LogP contribution is 2.48. The van der Waals surface area contributed by atoms with Gasteiger partial charge in [-0.1, -0.05) is 37.6 Å². The lowest BCUT2D eigenvalue weighted by molar-refractivity contribution is -0.154. The minimum Gasteiger partial charge on any atom is -0.494 e. The Bertz CT molecular complexity index is 1960. The third-order valence-electron chi connectivity index (χ3n) is 7.95. The summed E-state index contributed by atoms with van der Waals surface area (Å²) in [5, 5.41) is 14.3. The lowest BCUT2D eigenvalue weighted by Crippen LogP contribution is -2.44. The van der Waals surface area contributed by atoms with Crippen LogP contribution in [0.5, 0.6) is 11.8 Å². The van der Waals surface area contributed by atoms with E-state index < -0.39 is 53.3 Å². The largest absolute Gasteiger partial charge is 0.494 e. The van der Waals surface area contributed by atoms with Crippen molar-refractivity contribution in [2.75, 3.05) is 42.8 Å². The molecule has 3 amide bonds. The molecule has 1 saturated carbocycles. The second-order valence-corrected chi connectivity index (χ2v) is 13.4. The van der Waals surface area contributed by atoms with Gasteiger partial charge in [0, 0.05) is 41.1 Å². The number of alkyl halides is 3. The van der Waals surface area contributed by atoms with Crippen LogP contribution in [0.3, 0.4) is 0 Å². The third-order valence-corrected chi connectivity index (χ3v) is 8.20. The molecule has 1 aromatic heterocycles. The highest BCUT2D eigenvalue weighted by Gasteiger charge is 2.45. The van der Waals surface area contributed by atoms with E-state index in [9.17, 15) is 31.9 Å². The summed E-state index contributed by atoms with van der Waals surface area (Å²) in [7, 11) is 1.27. The SMILES string of the molecule is COc1cc(NC(=O)C(=O)NCC(C)(C)CNC(=O)c2ccc(Nc3nc(NC4(c5ccc(Cl)cc5)CC4)nc(OCC(F)(F)F)n3)cc2)ccc1F. The highest BCUT2D eigenvalue weighted by molar-refractivity contribution is 6.39. The van der Waals surface area contributed by atoms with Crippen LogP contribution in [0.2, 0.25) is 5.02 Å². The Morgan fingerprint density at radius 1 is 0.849 bits per heavy atom. The van der Waals surface area contributed by atoms with Crippen molar-refractivity contribution in [2.24, 2.45) is 5.41 Å². The number of carbonyl (C=O) groups is 3. The number of methoxy groups -OCH3 is 1. The van der Waals surface area contributed by atoms with Gasteiger partial charge in [-0.25, -0.2) is 4.39 Å². The molecule has 0 atom stereocenters. The predicted molar refractivity (Wildman–Crippen MR) is 188 cm³/mol. The highest BCUT2D eigenvalue weighted by atomic mass is 35.5. The topological polar surface area (TPSA) is 168 Å². The summed E-state index contributed by atoms with van der Waals surface area (Å²) in [5.74, 6) is -3.14. The van der Waals surface area contributed by atoms with Crippen LogP contribution in [-0.2, 0) is 15.1 Å². The molecule has 1 aliphatic rings. The molecule has 0 aliphatic heterocycles. The smallest absolute Gasteiger partial charge is 0.422 e. The van der Waals surface area contributed by atoms with E-state index in [0.29, 0.717) is 10.7 Å². The number of aromatic nitrogens is 3. The normalized spacial score (nSPS) is 13.4. The van der Waals surface area contributed by atoms with E-state index >= 15 is 0 Å². The molecule has 0 saturated heterocycles. The van der Waals surface area contributed by atoms with Gasteiger partial charge in [-0.15, -0.1) is 0 Å². The number of nitrogens with zero attached hydrogens (tertiary/aromatic N) is 3. The first kappa shape index (κ1) is 38.5. The van der Waals surface area contributed by atoms with Gasteiger partial charge in [-0.3, -0.25) is 14.4 Å². The minimum atomic E-state index is -4.62. The van der Waals surface area contributed by atoms with Crippen molar-refractivity contribution in [2.45, 2.75) is 38.4 Å². The molecule has 4 aromatic rings. The fraction of sp³-hybridized carbons (Fsp3) is 0.314. The average molecular weight is 759 g/mol. The van der Waals surface area contributed by atoms with E-state index in [2.05, 4.69) is 41.5 Å². The van der Waals surface area contributed by atoms with E-state index in [0.717, 1.165) is 24.5 Å². The minimum absolute atomic E-state index is 0.00361. The Balaban J connectivity index is 1.16. The predicted octanol–water partition coefficient (Wildman–Crippen LogP) is 5.97. The van der Waals surface area contributed by atoms with Crippen molar-refractivity contribution in [1.29, 1.82) is 0 Å². The first-order valence-corrected chi connectivity index (χ1v) is 16.5. The number of hydrogen-bond donors (Lipinski definition) is 5. The first-order valence-electron chi connectivity index (χ1n) is 16.1. The van der Waals surface area contributed by atoms with Crippen LogP contribution in [0.4, 0.5) is 40.8 Å². The lowest BCUT2D eigenvalue weighted by atomic mass is 9.93. The maximum atomic E-state index is 13.6. The molecule has 5 N–H and O–H groups in total. The van der Waals surface area contributed by atoms with Crippen LogP contribution in [-0.4, -0.2) is 65.7 Å². The van der Waals surface area contributed by atoms with E-state index in [4.69, 9.17) is 21.1 Å². The Labute approximate surface area is 306 Å². The second-order valence-electron chi connectivity index (χ2n) is 12.9. The van der Waals surface area contributed by atoms with Gasteiger partial charge in [-0.2, -0.15) is 28.1 Å². The van der Waals surface area contributed by atoms with Crippen LogP contribution < -0.4 is 36.1 Å². The van der Waals surface area contributed by atoms with Gasteiger partial charge in [-0.05, 0) is 72.4 Å². The molecule has 1 fully saturated rings. The summed E-state index contributed by atoms with van der Waals surface area (Å²) < 4.78 is 62.1. The number of carbonyl (C=O) groups excluding carboxylic acids is 3. The average Bonchev–Trinajstić information content (AvgIpc) is 3.90. The number of halogens is 5. The summed E-state index contributed by atoms with van der Waals surface area (Å²) in [5.41, 5.74) is 0.575. The zero-order valence-corrected chi connectivity index (χ0v) is 29.4. The summed E-state index contributed by atoms with van der Waals surface area (Å²) >= 11 is 6.03. The van der Waals surface area contributed by atoms with Gasteiger partial charge in [0.25, 0.3) is 5.91 Å². The van der Waals surface area contributed by atoms with Gasteiger partial charge in [0.2, 0.25) is 11.9 Å². The van der Waals surface area contributed by atoms with E-state index in [1.807, 2.05) is 12.1 Å². The van der Waals surface area contributed by atoms with Crippen molar-refractivity contribution in [3.05, 3.63) is 88.7 Å². The molecule has 18 heteroatoms. The molecular weight excluding hydrogens is 724 g/mol. The monoisotopic (exact) mass is 758 g/mol. The molecule has 280 valence electrons. The van der Waals surface area contributed by atoms with E-state index in [1.165, 1.54) is 31.4 Å². The molecule has 13 nitrogen and oxygen atoms in total. The maximum absolute atomic E-state index is 13.6. The van der Waals surface area contributed by atoms with Gasteiger partial charge < -0.3 is 36.1 Å². The Morgan fingerprint density at radius 2 is 1.49 bits per heavy atom. The molecule has 0 bridgehead atoms. The zero-order chi connectivity index (χ0) is 38.4. The van der Waals surface area contributed by atoms with Gasteiger partial charge in [0.05, 0.1) is 12.6 Å². The van der Waals surface area contributed by atoms with Crippen molar-refractivity contribution in [1.82, 2.24) is 25.6 Å². The fourth-order valence-electron chi connectivity index (χ4n) is 4.92. The molecule has 0 radical (unpaired) electrons. The van der Waals surface area contributed by atoms with Gasteiger partial charge in [0.1, 0.15) is 0 Å². The number of ether oxygens (including phenoxy) is 2. The van der Waals surface area contributed by atoms with Crippen molar-refractivity contribution >= 4 is 52.6 Å². The van der Waals surface area contributed by atoms with E-state index in [-0.39, 0.29) is 42.0 Å². The molecule has 0 unspecified atom stereocenters. The fourth-order valence-corrected chi connectivity index (χ4v) is 5.04. The Hall–Kier alpha value is -5.71. The maximum Gasteiger partial charge on any atom is 0.422 e. The number of anilines is 4. The second kappa shape index (κ2) is 15.9. The number of benzene rings is 3. The van der Waals surface area contributed by atoms with Crippen LogP contribution in [0.25, 0.3) is 0 Å². The number of rotatable bonds is 14.